The lowest BCUT2D eigenvalue weighted by atomic mass is 9.88. The van der Waals surface area contributed by atoms with Gasteiger partial charge in [-0.2, -0.15) is 5.26 Å². The van der Waals surface area contributed by atoms with Crippen LogP contribution in [-0.4, -0.2) is 9.13 Å². The number of benzene rings is 10. The lowest BCUT2D eigenvalue weighted by Crippen LogP contribution is -2.08. The van der Waals surface area contributed by atoms with E-state index in [-0.39, 0.29) is 0 Å². The van der Waals surface area contributed by atoms with Crippen LogP contribution in [0.15, 0.2) is 192 Å². The van der Waals surface area contributed by atoms with Gasteiger partial charge in [-0.3, -0.25) is 0 Å². The molecule has 5 nitrogen and oxygen atoms in total. The van der Waals surface area contributed by atoms with E-state index in [4.69, 9.17) is 4.42 Å². The molecule has 10 aromatic carbocycles. The minimum Gasteiger partial charge on any atom is -0.454 e. The summed E-state index contributed by atoms with van der Waals surface area (Å²) in [6.45, 7) is 11.7. The highest BCUT2D eigenvalue weighted by molar-refractivity contribution is 7.27. The highest BCUT2D eigenvalue weighted by Gasteiger charge is 2.34. The van der Waals surface area contributed by atoms with Gasteiger partial charge in [-0.15, -0.1) is 22.7 Å². The Morgan fingerprint density at radius 3 is 1.56 bits per heavy atom. The van der Waals surface area contributed by atoms with Crippen LogP contribution in [0, 0.1) is 24.8 Å². The fraction of sp³-hybridized carbons (Fsp3) is 0.0159. The fourth-order valence-electron chi connectivity index (χ4n) is 11.6. The maximum Gasteiger partial charge on any atom is 0.221 e. The maximum atomic E-state index is 12.3. The minimum absolute atomic E-state index is 0.384. The van der Waals surface area contributed by atoms with Gasteiger partial charge in [-0.1, -0.05) is 164 Å². The van der Waals surface area contributed by atoms with Crippen molar-refractivity contribution < 1.29 is 4.42 Å². The van der Waals surface area contributed by atoms with E-state index in [9.17, 15) is 11.8 Å². The summed E-state index contributed by atoms with van der Waals surface area (Å²) in [5.74, 6) is 0. The van der Waals surface area contributed by atoms with Crippen molar-refractivity contribution in [3.8, 4) is 39.7 Å². The summed E-state index contributed by atoms with van der Waals surface area (Å²) in [4.78, 5) is 4.68. The number of aromatic nitrogens is 2. The number of nitriles is 1. The van der Waals surface area contributed by atoms with E-state index in [0.717, 1.165) is 103 Å². The van der Waals surface area contributed by atoms with Gasteiger partial charge in [-0.05, 0) is 47.9 Å². The van der Waals surface area contributed by atoms with Crippen LogP contribution in [0.25, 0.3) is 144 Å². The SMILES string of the molecule is [C-]#[N+]c1c(-c2ccccc2)c(-n2c3c(ccc4c5ccccc5sc43)c3ccc4c5ccccc5sc4c32)c(-c2ccccc2)c(C#N)c1-n1c2c(C)cccc2c2ccc3c4ccccc4oc3c21. The van der Waals surface area contributed by atoms with Crippen LogP contribution in [0.1, 0.15) is 11.1 Å². The van der Waals surface area contributed by atoms with Crippen LogP contribution < -0.4 is 0 Å². The number of nitrogens with zero attached hydrogens (tertiary/aromatic N) is 4. The Kier molecular flexibility index (Phi) is 8.10. The molecule has 0 unspecified atom stereocenters. The van der Waals surface area contributed by atoms with E-state index in [1.807, 2.05) is 42.5 Å². The molecule has 5 heterocycles. The Labute approximate surface area is 407 Å². The van der Waals surface area contributed by atoms with Crippen molar-refractivity contribution in [1.82, 2.24) is 9.13 Å². The van der Waals surface area contributed by atoms with Gasteiger partial charge in [0, 0.05) is 74.4 Å². The molecule has 70 heavy (non-hydrogen) atoms. The first-order valence-corrected chi connectivity index (χ1v) is 24.9. The molecule has 324 valence electrons. The molecule has 0 spiro atoms. The first-order valence-electron chi connectivity index (χ1n) is 23.3. The molecule has 0 fully saturated rings. The molecule has 0 bridgehead atoms. The van der Waals surface area contributed by atoms with E-state index < -0.39 is 0 Å². The Morgan fingerprint density at radius 2 is 0.943 bits per heavy atom. The van der Waals surface area contributed by atoms with Gasteiger partial charge < -0.3 is 13.6 Å². The lowest BCUT2D eigenvalue weighted by molar-refractivity contribution is 0.671. The Bertz CT molecular complexity index is 4650. The van der Waals surface area contributed by atoms with Crippen LogP contribution in [0.5, 0.6) is 0 Å². The smallest absolute Gasteiger partial charge is 0.221 e. The third-order valence-corrected chi connectivity index (χ3v) is 16.9. The van der Waals surface area contributed by atoms with Crippen molar-refractivity contribution in [3.05, 3.63) is 211 Å². The maximum absolute atomic E-state index is 12.3. The van der Waals surface area contributed by atoms with E-state index >= 15 is 0 Å². The Balaban J connectivity index is 1.25. The topological polar surface area (TPSA) is 51.1 Å². The summed E-state index contributed by atoms with van der Waals surface area (Å²) < 4.78 is 16.3. The third kappa shape index (κ3) is 5.12. The molecule has 0 saturated carbocycles. The Morgan fingerprint density at radius 1 is 0.457 bits per heavy atom. The summed E-state index contributed by atoms with van der Waals surface area (Å²) in [6, 6.07) is 68.8. The number of hydrogen-bond donors (Lipinski definition) is 0. The summed E-state index contributed by atoms with van der Waals surface area (Å²) in [5.41, 5.74) is 11.7. The first kappa shape index (κ1) is 39.1. The average molecular weight is 927 g/mol. The molecule has 0 saturated heterocycles. The zero-order chi connectivity index (χ0) is 46.4. The molecule has 5 aromatic heterocycles. The average Bonchev–Trinajstić information content (AvgIpc) is 4.23. The largest absolute Gasteiger partial charge is 0.454 e. The van der Waals surface area contributed by atoms with Gasteiger partial charge >= 0.3 is 0 Å². The fourth-order valence-corrected chi connectivity index (χ4v) is 14.1. The predicted octanol–water partition coefficient (Wildman–Crippen LogP) is 18.6. The molecule has 0 amide bonds. The van der Waals surface area contributed by atoms with E-state index in [1.165, 1.54) is 30.9 Å². The summed E-state index contributed by atoms with van der Waals surface area (Å²) in [5, 5.41) is 23.2. The molecule has 0 N–H and O–H groups in total. The van der Waals surface area contributed by atoms with E-state index in [2.05, 4.69) is 173 Å². The van der Waals surface area contributed by atoms with E-state index in [0.29, 0.717) is 22.5 Å². The summed E-state index contributed by atoms with van der Waals surface area (Å²) >= 11 is 3.60. The standard InChI is InChI=1S/C63H34N4OS2/c1-35-16-15-24-41-42-28-31-45-38-21-9-12-25-49(38)68-61(45)57(42)66(55(35)41)56-48(34-64)52(36-17-5-3-6-18-36)60(53(54(56)65-2)37-19-7-4-8-20-37)67-58-43(29-32-46-39-22-10-13-26-50(39)69-62(46)58)44-30-33-47-40-23-11-14-27-51(40)70-63(47)59(44)67/h3-33H,1H3. The number of para-hydroxylation sites is 2. The van der Waals surface area contributed by atoms with Crippen molar-refractivity contribution in [3.63, 3.8) is 0 Å². The number of thiophene rings is 2. The minimum atomic E-state index is 0.384. The van der Waals surface area contributed by atoms with Gasteiger partial charge in [0.25, 0.3) is 0 Å². The second-order valence-corrected chi connectivity index (χ2v) is 20.2. The molecule has 0 aliphatic rings. The monoisotopic (exact) mass is 926 g/mol. The van der Waals surface area contributed by atoms with Crippen molar-refractivity contribution in [2.45, 2.75) is 6.92 Å². The predicted molar refractivity (Wildman–Crippen MR) is 295 cm³/mol. The molecule has 0 aliphatic heterocycles. The number of furan rings is 1. The van der Waals surface area contributed by atoms with Crippen LogP contribution in [0.3, 0.4) is 0 Å². The molecular weight excluding hydrogens is 893 g/mol. The summed E-state index contributed by atoms with van der Waals surface area (Å²) in [6.07, 6.45) is 0. The Hall–Kier alpha value is -8.98. The number of hydrogen-bond acceptors (Lipinski definition) is 4. The number of fused-ring (bicyclic) bond motifs is 18. The zero-order valence-corrected chi connectivity index (χ0v) is 39.0. The molecule has 15 aromatic rings. The highest BCUT2D eigenvalue weighted by atomic mass is 32.1. The van der Waals surface area contributed by atoms with Crippen molar-refractivity contribution in [1.29, 1.82) is 5.26 Å². The van der Waals surface area contributed by atoms with Crippen LogP contribution >= 0.6 is 22.7 Å². The molecular formula is C63H34N4OS2. The van der Waals surface area contributed by atoms with Crippen LogP contribution in [0.2, 0.25) is 0 Å². The molecule has 0 atom stereocenters. The van der Waals surface area contributed by atoms with Gasteiger partial charge in [0.15, 0.2) is 5.58 Å². The van der Waals surface area contributed by atoms with Crippen molar-refractivity contribution in [2.75, 3.05) is 0 Å². The molecule has 0 aliphatic carbocycles. The molecule has 15 rings (SSSR count). The lowest BCUT2D eigenvalue weighted by Gasteiger charge is -2.26. The normalized spacial score (nSPS) is 12.0. The molecule has 7 heteroatoms. The second-order valence-electron chi connectivity index (χ2n) is 18.1. The third-order valence-electron chi connectivity index (χ3n) is 14.5. The van der Waals surface area contributed by atoms with Gasteiger partial charge in [-0.25, -0.2) is 4.85 Å². The molecule has 0 radical (unpaired) electrons. The van der Waals surface area contributed by atoms with Crippen molar-refractivity contribution in [2.24, 2.45) is 0 Å². The van der Waals surface area contributed by atoms with Crippen molar-refractivity contribution >= 4 is 134 Å². The highest BCUT2D eigenvalue weighted by Crippen LogP contribution is 2.55. The van der Waals surface area contributed by atoms with Crippen LogP contribution in [-0.2, 0) is 0 Å². The van der Waals surface area contributed by atoms with Gasteiger partial charge in [0.1, 0.15) is 11.7 Å². The van der Waals surface area contributed by atoms with E-state index in [1.54, 1.807) is 22.7 Å². The summed E-state index contributed by atoms with van der Waals surface area (Å²) in [7, 11) is 0. The number of rotatable bonds is 4. The van der Waals surface area contributed by atoms with Gasteiger partial charge in [0.2, 0.25) is 5.69 Å². The second kappa shape index (κ2) is 14.5. The first-order chi connectivity index (χ1) is 34.6. The van der Waals surface area contributed by atoms with Gasteiger partial charge in [0.05, 0.1) is 55.0 Å². The zero-order valence-electron chi connectivity index (χ0n) is 37.4. The quantitative estimate of drug-likeness (QED) is 0.165. The van der Waals surface area contributed by atoms with Crippen LogP contribution in [0.4, 0.5) is 5.69 Å². The number of aryl methyl sites for hydroxylation is 1.